The van der Waals surface area contributed by atoms with E-state index in [0.29, 0.717) is 4.91 Å². The number of aryl methyl sites for hydroxylation is 1. The van der Waals surface area contributed by atoms with Crippen LogP contribution in [-0.4, -0.2) is 27.8 Å². The van der Waals surface area contributed by atoms with E-state index in [1.165, 1.54) is 24.2 Å². The number of thioether (sulfide) groups is 1. The number of hydrogen-bond donors (Lipinski definition) is 1. The van der Waals surface area contributed by atoms with Crippen LogP contribution in [-0.2, 0) is 0 Å². The molecule has 0 radical (unpaired) electrons. The molecule has 3 rings (SSSR count). The molecule has 1 aromatic heterocycles. The minimum absolute atomic E-state index is 0.0985. The maximum atomic E-state index is 12.7. The molecule has 0 spiro atoms. The largest absolute Gasteiger partial charge is 0.351 e. The number of rotatable bonds is 3. The zero-order chi connectivity index (χ0) is 15.7. The van der Waals surface area contributed by atoms with Gasteiger partial charge in [-0.3, -0.25) is 9.59 Å². The molecule has 0 bridgehead atoms. The van der Waals surface area contributed by atoms with Crippen molar-refractivity contribution in [2.24, 2.45) is 0 Å². The fraction of sp³-hybridized carbons (Fsp3) is 0.125. The quantitative estimate of drug-likeness (QED) is 0.939. The molecule has 0 aliphatic heterocycles. The van der Waals surface area contributed by atoms with E-state index in [4.69, 9.17) is 0 Å². The van der Waals surface area contributed by atoms with Gasteiger partial charge >= 0.3 is 0 Å². The molecule has 1 aliphatic carbocycles. The normalized spacial score (nSPS) is 14.1. The fourth-order valence-electron chi connectivity index (χ4n) is 2.27. The predicted octanol–water partition coefficient (Wildman–Crippen LogP) is 2.85. The third kappa shape index (κ3) is 2.31. The van der Waals surface area contributed by atoms with Crippen LogP contribution in [0.4, 0.5) is 5.69 Å². The number of allylic oxidation sites excluding steroid dienone is 2. The minimum Gasteiger partial charge on any atom is -0.351 e. The van der Waals surface area contributed by atoms with Crippen molar-refractivity contribution in [3.63, 3.8) is 0 Å². The number of ketones is 2. The number of nitrogens with zero attached hydrogens (tertiary/aromatic N) is 2. The van der Waals surface area contributed by atoms with E-state index >= 15 is 0 Å². The van der Waals surface area contributed by atoms with Gasteiger partial charge in [-0.1, -0.05) is 18.2 Å². The highest BCUT2D eigenvalue weighted by atomic mass is 32.2. The van der Waals surface area contributed by atoms with Crippen LogP contribution in [0, 0.1) is 6.92 Å². The maximum absolute atomic E-state index is 12.7. The summed E-state index contributed by atoms with van der Waals surface area (Å²) in [5, 5.41) is 3.09. The Morgan fingerprint density at radius 1 is 1.00 bits per heavy atom. The Labute approximate surface area is 131 Å². The number of carbonyl (C=O) groups is 2. The van der Waals surface area contributed by atoms with Gasteiger partial charge in [-0.05, 0) is 24.8 Å². The van der Waals surface area contributed by atoms with E-state index in [1.807, 2.05) is 31.2 Å². The molecule has 0 saturated heterocycles. The highest BCUT2D eigenvalue weighted by molar-refractivity contribution is 8.03. The standard InChI is InChI=1S/C16H13N3O2S/c1-9-5-3-4-6-10(9)19-13-14(20)11-12(18-8-7-17-11)15(21)16(13)22-2/h3-8,19H,1-2H3. The number of fused-ring (bicyclic) bond motifs is 1. The van der Waals surface area contributed by atoms with E-state index in [1.54, 1.807) is 6.26 Å². The molecule has 110 valence electrons. The number of Topliss-reactive ketones (excluding diaryl/α,β-unsaturated/α-hetero) is 2. The Bertz CT molecular complexity index is 815. The smallest absolute Gasteiger partial charge is 0.231 e. The van der Waals surface area contributed by atoms with Crippen LogP contribution < -0.4 is 5.32 Å². The number of aromatic nitrogens is 2. The van der Waals surface area contributed by atoms with Crippen molar-refractivity contribution in [1.29, 1.82) is 0 Å². The summed E-state index contributed by atoms with van der Waals surface area (Å²) in [5.74, 6) is -0.582. The van der Waals surface area contributed by atoms with Gasteiger partial charge in [-0.25, -0.2) is 9.97 Å². The van der Waals surface area contributed by atoms with Crippen LogP contribution in [0.3, 0.4) is 0 Å². The molecule has 2 aromatic rings. The zero-order valence-corrected chi connectivity index (χ0v) is 12.9. The van der Waals surface area contributed by atoms with Gasteiger partial charge in [0.15, 0.2) is 0 Å². The van der Waals surface area contributed by atoms with E-state index in [2.05, 4.69) is 15.3 Å². The molecule has 22 heavy (non-hydrogen) atoms. The van der Waals surface area contributed by atoms with Gasteiger partial charge in [0, 0.05) is 18.1 Å². The summed E-state index contributed by atoms with van der Waals surface area (Å²) in [7, 11) is 0. The lowest BCUT2D eigenvalue weighted by Gasteiger charge is -2.20. The van der Waals surface area contributed by atoms with E-state index in [-0.39, 0.29) is 28.7 Å². The Kier molecular flexibility index (Phi) is 3.77. The number of anilines is 1. The molecule has 0 atom stereocenters. The lowest BCUT2D eigenvalue weighted by atomic mass is 10.0. The second kappa shape index (κ2) is 5.73. The summed E-state index contributed by atoms with van der Waals surface area (Å²) < 4.78 is 0. The van der Waals surface area contributed by atoms with Gasteiger partial charge in [0.05, 0.1) is 4.91 Å². The number of para-hydroxylation sites is 1. The first-order valence-corrected chi connectivity index (χ1v) is 7.87. The third-order valence-corrected chi connectivity index (χ3v) is 4.20. The van der Waals surface area contributed by atoms with Gasteiger partial charge < -0.3 is 5.32 Å². The third-order valence-electron chi connectivity index (χ3n) is 3.40. The molecule has 6 heteroatoms. The zero-order valence-electron chi connectivity index (χ0n) is 12.1. The van der Waals surface area contributed by atoms with Crippen LogP contribution >= 0.6 is 11.8 Å². The van der Waals surface area contributed by atoms with Gasteiger partial charge in [-0.2, -0.15) is 0 Å². The maximum Gasteiger partial charge on any atom is 0.231 e. The van der Waals surface area contributed by atoms with Crippen molar-refractivity contribution in [2.45, 2.75) is 6.92 Å². The predicted molar refractivity (Wildman–Crippen MR) is 86.0 cm³/mol. The van der Waals surface area contributed by atoms with Crippen molar-refractivity contribution in [3.8, 4) is 0 Å². The SMILES string of the molecule is CSC1=C(Nc2ccccc2C)C(=O)c2nccnc2C1=O. The first-order valence-electron chi connectivity index (χ1n) is 6.64. The Hall–Kier alpha value is -2.47. The second-order valence-electron chi connectivity index (χ2n) is 4.76. The van der Waals surface area contributed by atoms with Crippen molar-refractivity contribution < 1.29 is 9.59 Å². The first kappa shape index (κ1) is 14.5. The molecular weight excluding hydrogens is 298 g/mol. The molecule has 1 heterocycles. The lowest BCUT2D eigenvalue weighted by Crippen LogP contribution is -2.27. The summed E-state index contributed by atoms with van der Waals surface area (Å²) in [5.41, 5.74) is 2.26. The first-order chi connectivity index (χ1) is 10.6. The van der Waals surface area contributed by atoms with Gasteiger partial charge in [0.2, 0.25) is 11.6 Å². The summed E-state index contributed by atoms with van der Waals surface area (Å²) in [6.07, 6.45) is 4.60. The monoisotopic (exact) mass is 311 g/mol. The Morgan fingerprint density at radius 3 is 2.27 bits per heavy atom. The highest BCUT2D eigenvalue weighted by Gasteiger charge is 2.34. The molecule has 0 unspecified atom stereocenters. The van der Waals surface area contributed by atoms with Crippen LogP contribution in [0.2, 0.25) is 0 Å². The summed E-state index contributed by atoms with van der Waals surface area (Å²) in [6, 6.07) is 7.59. The molecule has 5 nitrogen and oxygen atoms in total. The molecular formula is C16H13N3O2S. The van der Waals surface area contributed by atoms with Gasteiger partial charge in [0.25, 0.3) is 0 Å². The second-order valence-corrected chi connectivity index (χ2v) is 5.58. The Balaban J connectivity index is 2.11. The summed E-state index contributed by atoms with van der Waals surface area (Å²) in [6.45, 7) is 1.94. The van der Waals surface area contributed by atoms with Crippen LogP contribution in [0.25, 0.3) is 0 Å². The van der Waals surface area contributed by atoms with Crippen molar-refractivity contribution in [3.05, 3.63) is 64.2 Å². The average Bonchev–Trinajstić information content (AvgIpc) is 2.54. The van der Waals surface area contributed by atoms with Gasteiger partial charge in [0.1, 0.15) is 17.1 Å². The summed E-state index contributed by atoms with van der Waals surface area (Å²) in [4.78, 5) is 33.5. The average molecular weight is 311 g/mol. The van der Waals surface area contributed by atoms with E-state index in [9.17, 15) is 9.59 Å². The van der Waals surface area contributed by atoms with Crippen LogP contribution in [0.1, 0.15) is 26.5 Å². The van der Waals surface area contributed by atoms with Crippen LogP contribution in [0.15, 0.2) is 47.3 Å². The Morgan fingerprint density at radius 2 is 1.64 bits per heavy atom. The van der Waals surface area contributed by atoms with Crippen molar-refractivity contribution in [2.75, 3.05) is 11.6 Å². The lowest BCUT2D eigenvalue weighted by molar-refractivity contribution is 0.0975. The molecule has 0 amide bonds. The summed E-state index contributed by atoms with van der Waals surface area (Å²) >= 11 is 1.23. The number of benzene rings is 1. The topological polar surface area (TPSA) is 72.0 Å². The number of hydrogen-bond acceptors (Lipinski definition) is 6. The number of nitrogens with one attached hydrogen (secondary N) is 1. The highest BCUT2D eigenvalue weighted by Crippen LogP contribution is 2.31. The minimum atomic E-state index is -0.310. The van der Waals surface area contributed by atoms with Crippen molar-refractivity contribution in [1.82, 2.24) is 9.97 Å². The molecule has 1 aromatic carbocycles. The molecule has 0 saturated carbocycles. The molecule has 1 aliphatic rings. The number of carbonyl (C=O) groups excluding carboxylic acids is 2. The van der Waals surface area contributed by atoms with E-state index in [0.717, 1.165) is 11.3 Å². The van der Waals surface area contributed by atoms with E-state index < -0.39 is 0 Å². The van der Waals surface area contributed by atoms with Crippen LogP contribution in [0.5, 0.6) is 0 Å². The van der Waals surface area contributed by atoms with Crippen molar-refractivity contribution >= 4 is 29.0 Å². The fourth-order valence-corrected chi connectivity index (χ4v) is 2.90. The van der Waals surface area contributed by atoms with Gasteiger partial charge in [-0.15, -0.1) is 11.8 Å². The molecule has 0 fully saturated rings. The molecule has 1 N–H and O–H groups in total.